The highest BCUT2D eigenvalue weighted by molar-refractivity contribution is 6.10. The van der Waals surface area contributed by atoms with Crippen molar-refractivity contribution < 1.29 is 19.1 Å². The smallest absolute Gasteiger partial charge is 0.264 e. The number of ketones is 1. The first-order valence-corrected chi connectivity index (χ1v) is 9.59. The molecule has 1 N–H and O–H groups in total. The van der Waals surface area contributed by atoms with Crippen LogP contribution in [0.5, 0.6) is 0 Å². The molecular weight excluding hydrogens is 366 g/mol. The van der Waals surface area contributed by atoms with Gasteiger partial charge in [0, 0.05) is 5.56 Å². The number of fused-ring (bicyclic) bond motifs is 1. The Labute approximate surface area is 169 Å². The van der Waals surface area contributed by atoms with Gasteiger partial charge in [0.25, 0.3) is 5.91 Å². The molecule has 1 atom stereocenters. The highest BCUT2D eigenvalue weighted by Crippen LogP contribution is 2.43. The van der Waals surface area contributed by atoms with Gasteiger partial charge in [-0.2, -0.15) is 0 Å². The molecule has 0 saturated heterocycles. The van der Waals surface area contributed by atoms with Crippen molar-refractivity contribution in [2.45, 2.75) is 39.3 Å². The van der Waals surface area contributed by atoms with Gasteiger partial charge in [0.1, 0.15) is 5.76 Å². The minimum absolute atomic E-state index is 0.147. The van der Waals surface area contributed by atoms with Gasteiger partial charge in [0.05, 0.1) is 18.7 Å². The lowest BCUT2D eigenvalue weighted by atomic mass is 9.89. The first-order chi connectivity index (χ1) is 13.8. The Hall–Kier alpha value is -3.18. The van der Waals surface area contributed by atoms with Gasteiger partial charge in [-0.25, -0.2) is 0 Å². The summed E-state index contributed by atoms with van der Waals surface area (Å²) >= 11 is 0. The molecule has 1 aliphatic heterocycles. The average Bonchev–Trinajstić information content (AvgIpc) is 3.20. The number of aliphatic hydroxyl groups is 1. The Kier molecular flexibility index (Phi) is 4.63. The highest BCUT2D eigenvalue weighted by Gasteiger charge is 2.51. The summed E-state index contributed by atoms with van der Waals surface area (Å²) in [5, 5.41) is 11.4. The van der Waals surface area contributed by atoms with E-state index in [-0.39, 0.29) is 12.2 Å². The summed E-state index contributed by atoms with van der Waals surface area (Å²) in [5.41, 5.74) is 2.39. The molecule has 1 unspecified atom stereocenters. The summed E-state index contributed by atoms with van der Waals surface area (Å²) in [6.07, 6.45) is -0.362. The normalized spacial score (nSPS) is 18.2. The summed E-state index contributed by atoms with van der Waals surface area (Å²) < 4.78 is 5.39. The zero-order chi connectivity index (χ0) is 20.8. The van der Waals surface area contributed by atoms with E-state index in [4.69, 9.17) is 4.42 Å². The standard InChI is InChI=1S/C24H23NO4/c1-15-8-10-18(16(2)12-15)14-25-20-7-5-4-6-19(20)24(28,23(25)27)13-21(26)22-11-9-17(3)29-22/h4-12,28H,13-14H2,1-3H3. The Bertz CT molecular complexity index is 1110. The van der Waals surface area contributed by atoms with Crippen LogP contribution >= 0.6 is 0 Å². The van der Waals surface area contributed by atoms with Crippen molar-refractivity contribution in [1.29, 1.82) is 0 Å². The maximum Gasteiger partial charge on any atom is 0.264 e. The van der Waals surface area contributed by atoms with E-state index in [9.17, 15) is 14.7 Å². The van der Waals surface area contributed by atoms with Gasteiger partial charge in [-0.3, -0.25) is 9.59 Å². The molecule has 29 heavy (non-hydrogen) atoms. The highest BCUT2D eigenvalue weighted by atomic mass is 16.3. The predicted octanol–water partition coefficient (Wildman–Crippen LogP) is 4.21. The van der Waals surface area contributed by atoms with E-state index in [1.165, 1.54) is 0 Å². The second kappa shape index (κ2) is 7.01. The number of rotatable bonds is 5. The maximum absolute atomic E-state index is 13.3. The topological polar surface area (TPSA) is 70.8 Å². The second-order valence-corrected chi connectivity index (χ2v) is 7.71. The Morgan fingerprint density at radius 3 is 2.52 bits per heavy atom. The van der Waals surface area contributed by atoms with Crippen LogP contribution in [0.2, 0.25) is 0 Å². The Morgan fingerprint density at radius 1 is 1.07 bits per heavy atom. The predicted molar refractivity (Wildman–Crippen MR) is 110 cm³/mol. The van der Waals surface area contributed by atoms with Gasteiger partial charge in [-0.1, -0.05) is 42.0 Å². The minimum Gasteiger partial charge on any atom is -0.458 e. The van der Waals surface area contributed by atoms with E-state index in [0.29, 0.717) is 23.6 Å². The number of nitrogens with zero attached hydrogens (tertiary/aromatic N) is 1. The van der Waals surface area contributed by atoms with Crippen molar-refractivity contribution in [3.63, 3.8) is 0 Å². The number of aryl methyl sites for hydroxylation is 3. The van der Waals surface area contributed by atoms with Crippen LogP contribution in [0.25, 0.3) is 0 Å². The van der Waals surface area contributed by atoms with Crippen molar-refractivity contribution >= 4 is 17.4 Å². The molecule has 4 rings (SSSR count). The Morgan fingerprint density at radius 2 is 1.83 bits per heavy atom. The molecule has 1 aromatic heterocycles. The minimum atomic E-state index is -1.91. The molecule has 0 radical (unpaired) electrons. The van der Waals surface area contributed by atoms with Gasteiger partial charge in [-0.15, -0.1) is 0 Å². The van der Waals surface area contributed by atoms with Crippen LogP contribution in [0.3, 0.4) is 0 Å². The zero-order valence-electron chi connectivity index (χ0n) is 16.7. The largest absolute Gasteiger partial charge is 0.458 e. The number of furan rings is 1. The first kappa shape index (κ1) is 19.2. The van der Waals surface area contributed by atoms with Crippen LogP contribution in [-0.2, 0) is 16.9 Å². The van der Waals surface area contributed by atoms with E-state index >= 15 is 0 Å². The molecule has 0 spiro atoms. The third-order valence-electron chi connectivity index (χ3n) is 5.50. The SMILES string of the molecule is Cc1ccc(CN2C(=O)C(O)(CC(=O)c3ccc(C)o3)c3ccccc32)c(C)c1. The van der Waals surface area contributed by atoms with E-state index in [1.54, 1.807) is 42.2 Å². The van der Waals surface area contributed by atoms with Crippen LogP contribution in [0.4, 0.5) is 5.69 Å². The summed E-state index contributed by atoms with van der Waals surface area (Å²) in [6, 6.07) is 16.4. The molecule has 5 nitrogen and oxygen atoms in total. The van der Waals surface area contributed by atoms with Gasteiger partial charge >= 0.3 is 0 Å². The van der Waals surface area contributed by atoms with Gasteiger partial charge in [0.2, 0.25) is 5.78 Å². The number of anilines is 1. The monoisotopic (exact) mass is 389 g/mol. The average molecular weight is 389 g/mol. The molecule has 5 heteroatoms. The lowest BCUT2D eigenvalue weighted by Gasteiger charge is -2.23. The maximum atomic E-state index is 13.3. The van der Waals surface area contributed by atoms with E-state index < -0.39 is 17.3 Å². The second-order valence-electron chi connectivity index (χ2n) is 7.71. The van der Waals surface area contributed by atoms with Crippen molar-refractivity contribution in [3.8, 4) is 0 Å². The number of amides is 1. The summed E-state index contributed by atoms with van der Waals surface area (Å²) in [7, 11) is 0. The lowest BCUT2D eigenvalue weighted by Crippen LogP contribution is -2.41. The Balaban J connectivity index is 1.69. The van der Waals surface area contributed by atoms with Crippen molar-refractivity contribution in [1.82, 2.24) is 0 Å². The van der Waals surface area contributed by atoms with E-state index in [1.807, 2.05) is 32.0 Å². The van der Waals surface area contributed by atoms with Crippen LogP contribution in [0.15, 0.2) is 59.0 Å². The third-order valence-corrected chi connectivity index (χ3v) is 5.50. The first-order valence-electron chi connectivity index (χ1n) is 9.59. The van der Waals surface area contributed by atoms with Gasteiger partial charge in [0.15, 0.2) is 11.4 Å². The number of para-hydroxylation sites is 1. The fraction of sp³-hybridized carbons (Fsp3) is 0.250. The molecule has 0 bridgehead atoms. The third kappa shape index (κ3) is 3.28. The van der Waals surface area contributed by atoms with Crippen molar-refractivity contribution in [3.05, 3.63) is 88.4 Å². The molecule has 0 saturated carbocycles. The molecule has 2 aromatic carbocycles. The molecule has 1 amide bonds. The van der Waals surface area contributed by atoms with Crippen LogP contribution in [-0.4, -0.2) is 16.8 Å². The summed E-state index contributed by atoms with van der Waals surface area (Å²) in [6.45, 7) is 6.10. The van der Waals surface area contributed by atoms with Crippen molar-refractivity contribution in [2.24, 2.45) is 0 Å². The molecule has 2 heterocycles. The summed E-state index contributed by atoms with van der Waals surface area (Å²) in [5.74, 6) is -0.142. The lowest BCUT2D eigenvalue weighted by molar-refractivity contribution is -0.136. The quantitative estimate of drug-likeness (QED) is 0.664. The molecule has 148 valence electrons. The van der Waals surface area contributed by atoms with Gasteiger partial charge in [-0.05, 0) is 50.1 Å². The number of carbonyl (C=O) groups is 2. The van der Waals surface area contributed by atoms with Crippen molar-refractivity contribution in [2.75, 3.05) is 4.90 Å². The number of hydrogen-bond acceptors (Lipinski definition) is 4. The number of benzene rings is 2. The molecular formula is C24H23NO4. The van der Waals surface area contributed by atoms with Crippen LogP contribution in [0.1, 0.15) is 45.0 Å². The fourth-order valence-corrected chi connectivity index (χ4v) is 3.93. The van der Waals surface area contributed by atoms with E-state index in [2.05, 4.69) is 6.07 Å². The molecule has 0 fully saturated rings. The number of carbonyl (C=O) groups excluding carboxylic acids is 2. The molecule has 0 aliphatic carbocycles. The van der Waals surface area contributed by atoms with Crippen LogP contribution < -0.4 is 4.90 Å². The van der Waals surface area contributed by atoms with Gasteiger partial charge < -0.3 is 14.4 Å². The fourth-order valence-electron chi connectivity index (χ4n) is 3.93. The summed E-state index contributed by atoms with van der Waals surface area (Å²) in [4.78, 5) is 27.6. The number of Topliss-reactive ketones (excluding diaryl/α,β-unsaturated/α-hetero) is 1. The van der Waals surface area contributed by atoms with Crippen LogP contribution in [0, 0.1) is 20.8 Å². The molecule has 1 aliphatic rings. The number of hydrogen-bond donors (Lipinski definition) is 1. The molecule has 3 aromatic rings. The van der Waals surface area contributed by atoms with E-state index in [0.717, 1.165) is 16.7 Å². The zero-order valence-corrected chi connectivity index (χ0v) is 16.7.